The van der Waals surface area contributed by atoms with E-state index in [9.17, 15) is 0 Å². The SMILES string of the molecule is C=C(c1ccc2c(c1)ncn2-c1cccc(OC)c1)N1CCCCC1. The van der Waals surface area contributed by atoms with Crippen molar-refractivity contribution in [1.82, 2.24) is 14.5 Å². The average Bonchev–Trinajstić information content (AvgIpc) is 3.11. The standard InChI is InChI=1S/C21H23N3O/c1-16(23-11-4-3-5-12-23)17-9-10-21-20(13-17)22-15-24(21)18-7-6-8-19(14-18)25-2/h6-10,13-15H,1,3-5,11-12H2,2H3. The molecule has 0 atom stereocenters. The molecule has 2 heterocycles. The van der Waals surface area contributed by atoms with E-state index in [-0.39, 0.29) is 0 Å². The van der Waals surface area contributed by atoms with Crippen LogP contribution in [0, 0.1) is 0 Å². The van der Waals surface area contributed by atoms with E-state index >= 15 is 0 Å². The highest BCUT2D eigenvalue weighted by molar-refractivity contribution is 5.82. The van der Waals surface area contributed by atoms with Crippen molar-refractivity contribution in [2.24, 2.45) is 0 Å². The number of ether oxygens (including phenoxy) is 1. The maximum Gasteiger partial charge on any atom is 0.120 e. The van der Waals surface area contributed by atoms with E-state index in [1.54, 1.807) is 7.11 Å². The van der Waals surface area contributed by atoms with Gasteiger partial charge in [0.1, 0.15) is 12.1 Å². The minimum atomic E-state index is 0.842. The van der Waals surface area contributed by atoms with Crippen LogP contribution in [0.15, 0.2) is 55.4 Å². The van der Waals surface area contributed by atoms with Gasteiger partial charge in [0.05, 0.1) is 23.8 Å². The second-order valence-electron chi connectivity index (χ2n) is 6.51. The van der Waals surface area contributed by atoms with E-state index in [4.69, 9.17) is 4.74 Å². The van der Waals surface area contributed by atoms with Crippen molar-refractivity contribution in [3.63, 3.8) is 0 Å². The molecule has 2 aromatic carbocycles. The fraction of sp³-hybridized carbons (Fsp3) is 0.286. The highest BCUT2D eigenvalue weighted by Crippen LogP contribution is 2.27. The van der Waals surface area contributed by atoms with Crippen LogP contribution >= 0.6 is 0 Å². The minimum Gasteiger partial charge on any atom is -0.497 e. The molecule has 0 radical (unpaired) electrons. The summed E-state index contributed by atoms with van der Waals surface area (Å²) in [6.07, 6.45) is 5.71. The predicted molar refractivity (Wildman–Crippen MR) is 102 cm³/mol. The Morgan fingerprint density at radius 3 is 2.72 bits per heavy atom. The highest BCUT2D eigenvalue weighted by atomic mass is 16.5. The van der Waals surface area contributed by atoms with Gasteiger partial charge < -0.3 is 9.64 Å². The summed E-state index contributed by atoms with van der Waals surface area (Å²) in [7, 11) is 1.68. The van der Waals surface area contributed by atoms with Crippen molar-refractivity contribution in [2.75, 3.05) is 20.2 Å². The Morgan fingerprint density at radius 1 is 1.08 bits per heavy atom. The molecule has 1 fully saturated rings. The number of fused-ring (bicyclic) bond motifs is 1. The first-order chi connectivity index (χ1) is 12.3. The second-order valence-corrected chi connectivity index (χ2v) is 6.51. The fourth-order valence-corrected chi connectivity index (χ4v) is 3.50. The monoisotopic (exact) mass is 333 g/mol. The van der Waals surface area contributed by atoms with Gasteiger partial charge in [-0.3, -0.25) is 4.57 Å². The third-order valence-corrected chi connectivity index (χ3v) is 4.95. The Labute approximate surface area is 148 Å². The Kier molecular flexibility index (Phi) is 4.18. The van der Waals surface area contributed by atoms with Crippen LogP contribution in [0.25, 0.3) is 22.4 Å². The molecule has 0 spiro atoms. The quantitative estimate of drug-likeness (QED) is 0.705. The molecule has 0 amide bonds. The number of benzene rings is 2. The molecular formula is C21H23N3O. The Bertz CT molecular complexity index is 906. The summed E-state index contributed by atoms with van der Waals surface area (Å²) >= 11 is 0. The molecule has 1 aromatic heterocycles. The van der Waals surface area contributed by atoms with E-state index < -0.39 is 0 Å². The lowest BCUT2D eigenvalue weighted by molar-refractivity contribution is 0.326. The van der Waals surface area contributed by atoms with Gasteiger partial charge in [-0.2, -0.15) is 0 Å². The molecule has 0 saturated carbocycles. The number of methoxy groups -OCH3 is 1. The van der Waals surface area contributed by atoms with Crippen molar-refractivity contribution in [3.05, 3.63) is 60.9 Å². The molecule has 128 valence electrons. The molecule has 4 rings (SSSR count). The van der Waals surface area contributed by atoms with Crippen LogP contribution in [0.1, 0.15) is 24.8 Å². The first-order valence-corrected chi connectivity index (χ1v) is 8.82. The van der Waals surface area contributed by atoms with Crippen LogP contribution in [-0.2, 0) is 0 Å². The molecule has 3 aromatic rings. The third-order valence-electron chi connectivity index (χ3n) is 4.95. The van der Waals surface area contributed by atoms with E-state index in [1.807, 2.05) is 24.5 Å². The molecule has 1 saturated heterocycles. The first-order valence-electron chi connectivity index (χ1n) is 8.82. The average molecular weight is 333 g/mol. The zero-order valence-electron chi connectivity index (χ0n) is 14.6. The van der Waals surface area contributed by atoms with Crippen LogP contribution in [0.3, 0.4) is 0 Å². The van der Waals surface area contributed by atoms with Gasteiger partial charge in [0.25, 0.3) is 0 Å². The molecule has 0 N–H and O–H groups in total. The van der Waals surface area contributed by atoms with Crippen LogP contribution in [0.4, 0.5) is 0 Å². The van der Waals surface area contributed by atoms with Gasteiger partial charge >= 0.3 is 0 Å². The van der Waals surface area contributed by atoms with Gasteiger partial charge in [-0.25, -0.2) is 4.98 Å². The summed E-state index contributed by atoms with van der Waals surface area (Å²) in [4.78, 5) is 6.99. The minimum absolute atomic E-state index is 0.842. The lowest BCUT2D eigenvalue weighted by Crippen LogP contribution is -2.27. The maximum atomic E-state index is 5.33. The largest absolute Gasteiger partial charge is 0.497 e. The first kappa shape index (κ1) is 15.8. The van der Waals surface area contributed by atoms with Crippen LogP contribution in [0.5, 0.6) is 5.75 Å². The smallest absolute Gasteiger partial charge is 0.120 e. The third kappa shape index (κ3) is 3.00. The topological polar surface area (TPSA) is 30.3 Å². The summed E-state index contributed by atoms with van der Waals surface area (Å²) in [6.45, 7) is 6.53. The summed E-state index contributed by atoms with van der Waals surface area (Å²) < 4.78 is 7.42. The Balaban J connectivity index is 1.67. The summed E-state index contributed by atoms with van der Waals surface area (Å²) in [6, 6.07) is 14.4. The Hall–Kier alpha value is -2.75. The number of nitrogens with zero attached hydrogens (tertiary/aromatic N) is 3. The molecule has 0 aliphatic carbocycles. The van der Waals surface area contributed by atoms with E-state index in [2.05, 4.69) is 45.3 Å². The van der Waals surface area contributed by atoms with Gasteiger partial charge in [-0.15, -0.1) is 0 Å². The van der Waals surface area contributed by atoms with Crippen molar-refractivity contribution in [2.45, 2.75) is 19.3 Å². The van der Waals surface area contributed by atoms with Crippen LogP contribution < -0.4 is 4.74 Å². The zero-order chi connectivity index (χ0) is 17.2. The van der Waals surface area contributed by atoms with Gasteiger partial charge in [0.15, 0.2) is 0 Å². The molecule has 4 heteroatoms. The van der Waals surface area contributed by atoms with Crippen LogP contribution in [0.2, 0.25) is 0 Å². The molecule has 25 heavy (non-hydrogen) atoms. The molecule has 4 nitrogen and oxygen atoms in total. The number of imidazole rings is 1. The van der Waals surface area contributed by atoms with Crippen molar-refractivity contribution in [1.29, 1.82) is 0 Å². The number of hydrogen-bond donors (Lipinski definition) is 0. The predicted octanol–water partition coefficient (Wildman–Crippen LogP) is 4.49. The summed E-state index contributed by atoms with van der Waals surface area (Å²) in [5.74, 6) is 0.842. The number of rotatable bonds is 4. The van der Waals surface area contributed by atoms with Crippen molar-refractivity contribution < 1.29 is 4.74 Å². The molecule has 1 aliphatic rings. The van der Waals surface area contributed by atoms with E-state index in [0.29, 0.717) is 0 Å². The summed E-state index contributed by atoms with van der Waals surface area (Å²) in [5, 5.41) is 0. The van der Waals surface area contributed by atoms with Gasteiger partial charge in [-0.05, 0) is 49.1 Å². The second kappa shape index (κ2) is 6.63. The van der Waals surface area contributed by atoms with E-state index in [1.165, 1.54) is 19.3 Å². The number of piperidine rings is 1. The Morgan fingerprint density at radius 2 is 1.92 bits per heavy atom. The number of likely N-dealkylation sites (tertiary alicyclic amines) is 1. The van der Waals surface area contributed by atoms with Gasteiger partial charge in [-0.1, -0.05) is 18.7 Å². The van der Waals surface area contributed by atoms with E-state index in [0.717, 1.165) is 46.8 Å². The van der Waals surface area contributed by atoms with Gasteiger partial charge in [0.2, 0.25) is 0 Å². The summed E-state index contributed by atoms with van der Waals surface area (Å²) in [5.41, 5.74) is 5.38. The molecular weight excluding hydrogens is 310 g/mol. The zero-order valence-corrected chi connectivity index (χ0v) is 14.6. The lowest BCUT2D eigenvalue weighted by atomic mass is 10.1. The number of aromatic nitrogens is 2. The van der Waals surface area contributed by atoms with Gasteiger partial charge in [0, 0.05) is 24.9 Å². The number of hydrogen-bond acceptors (Lipinski definition) is 3. The maximum absolute atomic E-state index is 5.33. The fourth-order valence-electron chi connectivity index (χ4n) is 3.50. The van der Waals surface area contributed by atoms with Crippen LogP contribution in [-0.4, -0.2) is 34.7 Å². The molecule has 0 unspecified atom stereocenters. The lowest BCUT2D eigenvalue weighted by Gasteiger charge is -2.30. The highest BCUT2D eigenvalue weighted by Gasteiger charge is 2.14. The molecule has 0 bridgehead atoms. The van der Waals surface area contributed by atoms with Crippen molar-refractivity contribution in [3.8, 4) is 11.4 Å². The molecule has 1 aliphatic heterocycles. The normalized spacial score (nSPS) is 14.7. The van der Waals surface area contributed by atoms with Crippen molar-refractivity contribution >= 4 is 16.7 Å².